The van der Waals surface area contributed by atoms with Crippen molar-refractivity contribution in [2.45, 2.75) is 40.2 Å². The minimum Gasteiger partial charge on any atom is -0.492 e. The Morgan fingerprint density at radius 2 is 1.81 bits per heavy atom. The van der Waals surface area contributed by atoms with Crippen LogP contribution in [-0.2, 0) is 6.61 Å². The normalized spacial score (nSPS) is 14.2. The van der Waals surface area contributed by atoms with Gasteiger partial charge in [-0.05, 0) is 87.2 Å². The van der Waals surface area contributed by atoms with Crippen LogP contribution in [0.25, 0.3) is 5.82 Å². The zero-order valence-corrected chi connectivity index (χ0v) is 18.6. The van der Waals surface area contributed by atoms with Crippen LogP contribution >= 0.6 is 0 Å². The Bertz CT molecular complexity index is 1020. The molecule has 0 atom stereocenters. The molecule has 1 fully saturated rings. The van der Waals surface area contributed by atoms with E-state index >= 15 is 0 Å². The Balaban J connectivity index is 1.45. The van der Waals surface area contributed by atoms with E-state index in [1.54, 1.807) is 6.20 Å². The number of aliphatic hydroxyl groups excluding tert-OH is 1. The van der Waals surface area contributed by atoms with Crippen LogP contribution in [0.15, 0.2) is 36.8 Å². The highest BCUT2D eigenvalue weighted by molar-refractivity contribution is 5.60. The first-order chi connectivity index (χ1) is 15.0. The van der Waals surface area contributed by atoms with E-state index in [1.807, 2.05) is 30.0 Å². The van der Waals surface area contributed by atoms with Gasteiger partial charge in [-0.2, -0.15) is 4.98 Å². The van der Waals surface area contributed by atoms with E-state index in [-0.39, 0.29) is 6.61 Å². The molecule has 1 saturated heterocycles. The van der Waals surface area contributed by atoms with Crippen LogP contribution in [0.2, 0.25) is 0 Å². The van der Waals surface area contributed by atoms with Crippen LogP contribution in [0.1, 0.15) is 35.1 Å². The summed E-state index contributed by atoms with van der Waals surface area (Å²) in [6.45, 7) is 10.2. The van der Waals surface area contributed by atoms with Gasteiger partial charge in [0.05, 0.1) is 6.61 Å². The van der Waals surface area contributed by atoms with Crippen molar-refractivity contribution in [2.24, 2.45) is 0 Å². The molecule has 1 aromatic carbocycles. The number of anilines is 2. The van der Waals surface area contributed by atoms with Gasteiger partial charge in [0.1, 0.15) is 18.2 Å². The Morgan fingerprint density at radius 3 is 2.48 bits per heavy atom. The molecule has 0 unspecified atom stereocenters. The van der Waals surface area contributed by atoms with Crippen LogP contribution < -0.4 is 10.1 Å². The summed E-state index contributed by atoms with van der Waals surface area (Å²) in [5.41, 5.74) is 5.03. The number of aryl methyl sites for hydroxylation is 3. The lowest BCUT2D eigenvalue weighted by molar-refractivity contribution is 0.236. The molecule has 7 nitrogen and oxygen atoms in total. The topological polar surface area (TPSA) is 75.4 Å². The van der Waals surface area contributed by atoms with Gasteiger partial charge in [0.15, 0.2) is 0 Å². The Hall–Kier alpha value is -2.90. The fourth-order valence-corrected chi connectivity index (χ4v) is 4.11. The van der Waals surface area contributed by atoms with Crippen LogP contribution in [-0.4, -0.2) is 50.8 Å². The molecular weight excluding hydrogens is 390 g/mol. The average Bonchev–Trinajstić information content (AvgIpc) is 3.39. The molecule has 0 saturated carbocycles. The summed E-state index contributed by atoms with van der Waals surface area (Å²) < 4.78 is 8.02. The van der Waals surface area contributed by atoms with Crippen molar-refractivity contribution < 1.29 is 9.84 Å². The van der Waals surface area contributed by atoms with Crippen molar-refractivity contribution in [3.8, 4) is 11.6 Å². The van der Waals surface area contributed by atoms with Crippen molar-refractivity contribution in [3.63, 3.8) is 0 Å². The number of ether oxygens (including phenoxy) is 1. The molecule has 3 aromatic rings. The maximum atomic E-state index is 9.44. The Labute approximate surface area is 183 Å². The number of hydrogen-bond acceptors (Lipinski definition) is 6. The van der Waals surface area contributed by atoms with E-state index in [0.29, 0.717) is 12.6 Å². The number of benzene rings is 1. The van der Waals surface area contributed by atoms with Gasteiger partial charge in [0, 0.05) is 30.8 Å². The van der Waals surface area contributed by atoms with E-state index in [2.05, 4.69) is 46.2 Å². The van der Waals surface area contributed by atoms with Gasteiger partial charge in [-0.25, -0.2) is 4.98 Å². The Kier molecular flexibility index (Phi) is 6.53. The third kappa shape index (κ3) is 5.06. The Morgan fingerprint density at radius 1 is 1.06 bits per heavy atom. The molecule has 0 radical (unpaired) electrons. The standard InChI is InChI=1S/C24H31N5O2/c1-17-12-21(13-18(2)23(17)31-11-10-28-8-4-5-9-28)26-24-25-7-6-22(27-24)29-14-19(3)20(15-29)16-30/h6-7,12-15,30H,4-5,8-11,16H2,1-3H3,(H,25,26,27). The van der Waals surface area contributed by atoms with Gasteiger partial charge in [0.2, 0.25) is 5.95 Å². The summed E-state index contributed by atoms with van der Waals surface area (Å²) in [5, 5.41) is 12.8. The van der Waals surface area contributed by atoms with Gasteiger partial charge in [-0.3, -0.25) is 4.90 Å². The van der Waals surface area contributed by atoms with Crippen molar-refractivity contribution in [1.29, 1.82) is 0 Å². The first-order valence-electron chi connectivity index (χ1n) is 10.9. The SMILES string of the molecule is Cc1cn(-c2ccnc(Nc3cc(C)c(OCCN4CCCC4)c(C)c3)n2)cc1CO. The lowest BCUT2D eigenvalue weighted by Gasteiger charge is -2.18. The zero-order valence-electron chi connectivity index (χ0n) is 18.6. The summed E-state index contributed by atoms with van der Waals surface area (Å²) in [6, 6.07) is 5.98. The zero-order chi connectivity index (χ0) is 21.8. The highest BCUT2D eigenvalue weighted by Gasteiger charge is 2.13. The summed E-state index contributed by atoms with van der Waals surface area (Å²) in [5.74, 6) is 2.23. The summed E-state index contributed by atoms with van der Waals surface area (Å²) in [7, 11) is 0. The van der Waals surface area contributed by atoms with Gasteiger partial charge < -0.3 is 19.7 Å². The second-order valence-corrected chi connectivity index (χ2v) is 8.23. The minimum absolute atomic E-state index is 0.0139. The molecule has 2 N–H and O–H groups in total. The highest BCUT2D eigenvalue weighted by Crippen LogP contribution is 2.28. The van der Waals surface area contributed by atoms with Crippen molar-refractivity contribution in [2.75, 3.05) is 31.6 Å². The quantitative estimate of drug-likeness (QED) is 0.575. The molecule has 0 spiro atoms. The summed E-state index contributed by atoms with van der Waals surface area (Å²) >= 11 is 0. The second-order valence-electron chi connectivity index (χ2n) is 8.23. The fourth-order valence-electron chi connectivity index (χ4n) is 4.11. The predicted molar refractivity (Wildman–Crippen MR) is 122 cm³/mol. The van der Waals surface area contributed by atoms with E-state index in [0.717, 1.165) is 46.1 Å². The van der Waals surface area contributed by atoms with Gasteiger partial charge in [0.25, 0.3) is 0 Å². The number of rotatable bonds is 8. The number of hydrogen-bond donors (Lipinski definition) is 2. The maximum absolute atomic E-state index is 9.44. The van der Waals surface area contributed by atoms with Crippen molar-refractivity contribution in [1.82, 2.24) is 19.4 Å². The molecule has 3 heterocycles. The molecule has 2 aromatic heterocycles. The predicted octanol–water partition coefficient (Wildman–Crippen LogP) is 3.90. The molecule has 164 valence electrons. The maximum Gasteiger partial charge on any atom is 0.229 e. The minimum atomic E-state index is 0.0139. The van der Waals surface area contributed by atoms with E-state index in [9.17, 15) is 5.11 Å². The third-order valence-corrected chi connectivity index (χ3v) is 5.78. The first kappa shape index (κ1) is 21.3. The van der Waals surface area contributed by atoms with E-state index in [4.69, 9.17) is 4.74 Å². The summed E-state index contributed by atoms with van der Waals surface area (Å²) in [6.07, 6.45) is 8.18. The number of nitrogens with one attached hydrogen (secondary N) is 1. The number of aromatic nitrogens is 3. The molecule has 1 aliphatic heterocycles. The molecule has 7 heteroatoms. The average molecular weight is 422 g/mol. The third-order valence-electron chi connectivity index (χ3n) is 5.78. The number of likely N-dealkylation sites (tertiary alicyclic amines) is 1. The van der Waals surface area contributed by atoms with Gasteiger partial charge >= 0.3 is 0 Å². The molecule has 0 bridgehead atoms. The second kappa shape index (κ2) is 9.49. The van der Waals surface area contributed by atoms with Crippen molar-refractivity contribution in [3.05, 3.63) is 59.0 Å². The molecule has 4 rings (SSSR count). The van der Waals surface area contributed by atoms with Crippen LogP contribution in [0, 0.1) is 20.8 Å². The summed E-state index contributed by atoms with van der Waals surface area (Å²) in [4.78, 5) is 11.4. The van der Waals surface area contributed by atoms with Crippen LogP contribution in [0.4, 0.5) is 11.6 Å². The largest absolute Gasteiger partial charge is 0.492 e. The van der Waals surface area contributed by atoms with E-state index in [1.165, 1.54) is 25.9 Å². The van der Waals surface area contributed by atoms with Crippen LogP contribution in [0.5, 0.6) is 5.75 Å². The number of nitrogens with zero attached hydrogens (tertiary/aromatic N) is 4. The molecule has 1 aliphatic rings. The molecule has 0 aliphatic carbocycles. The van der Waals surface area contributed by atoms with E-state index < -0.39 is 0 Å². The van der Waals surface area contributed by atoms with Crippen LogP contribution in [0.3, 0.4) is 0 Å². The highest BCUT2D eigenvalue weighted by atomic mass is 16.5. The lowest BCUT2D eigenvalue weighted by Crippen LogP contribution is -2.25. The molecular formula is C24H31N5O2. The molecule has 31 heavy (non-hydrogen) atoms. The van der Waals surface area contributed by atoms with Gasteiger partial charge in [-0.15, -0.1) is 0 Å². The molecule has 0 amide bonds. The lowest BCUT2D eigenvalue weighted by atomic mass is 10.1. The fraction of sp³-hybridized carbons (Fsp3) is 0.417. The number of aliphatic hydroxyl groups is 1. The smallest absolute Gasteiger partial charge is 0.229 e. The van der Waals surface area contributed by atoms with Gasteiger partial charge in [-0.1, -0.05) is 0 Å². The monoisotopic (exact) mass is 421 g/mol. The van der Waals surface area contributed by atoms with Crippen molar-refractivity contribution >= 4 is 11.6 Å². The first-order valence-corrected chi connectivity index (χ1v) is 10.9.